The van der Waals surface area contributed by atoms with E-state index in [-0.39, 0.29) is 17.3 Å². The second-order valence-electron chi connectivity index (χ2n) is 6.08. The summed E-state index contributed by atoms with van der Waals surface area (Å²) < 4.78 is 1.63. The van der Waals surface area contributed by atoms with Gasteiger partial charge < -0.3 is 4.98 Å². The normalized spacial score (nSPS) is 11.1. The summed E-state index contributed by atoms with van der Waals surface area (Å²) in [6.07, 6.45) is 0. The van der Waals surface area contributed by atoms with Crippen molar-refractivity contribution in [1.29, 1.82) is 0 Å². The van der Waals surface area contributed by atoms with Crippen molar-refractivity contribution in [2.24, 2.45) is 0 Å². The van der Waals surface area contributed by atoms with Crippen LogP contribution in [0.4, 0.5) is 5.69 Å². The molecule has 2 aromatic heterocycles. The summed E-state index contributed by atoms with van der Waals surface area (Å²) in [5.74, 6) is 0.480. The SMILES string of the molecule is O=c1[nH]c(SCc2ccc([N+](=O)[O-])cc2)nc(Cn2nnc3ccccc32)c1Cl. The number of aromatic nitrogens is 5. The highest BCUT2D eigenvalue weighted by molar-refractivity contribution is 7.98. The van der Waals surface area contributed by atoms with E-state index in [0.717, 1.165) is 16.6 Å². The molecule has 0 spiro atoms. The van der Waals surface area contributed by atoms with Gasteiger partial charge in [-0.3, -0.25) is 14.9 Å². The maximum absolute atomic E-state index is 12.2. The van der Waals surface area contributed by atoms with E-state index >= 15 is 0 Å². The number of rotatable bonds is 6. The van der Waals surface area contributed by atoms with E-state index in [2.05, 4.69) is 20.3 Å². The molecule has 9 nitrogen and oxygen atoms in total. The third-order valence-electron chi connectivity index (χ3n) is 4.15. The van der Waals surface area contributed by atoms with Crippen LogP contribution in [0.1, 0.15) is 11.3 Å². The van der Waals surface area contributed by atoms with E-state index in [0.29, 0.717) is 16.6 Å². The molecule has 0 saturated carbocycles. The van der Waals surface area contributed by atoms with Crippen molar-refractivity contribution in [2.75, 3.05) is 0 Å². The van der Waals surface area contributed by atoms with Gasteiger partial charge in [-0.05, 0) is 17.7 Å². The summed E-state index contributed by atoms with van der Waals surface area (Å²) in [6, 6.07) is 13.7. The van der Waals surface area contributed by atoms with Crippen molar-refractivity contribution in [3.8, 4) is 0 Å². The van der Waals surface area contributed by atoms with Gasteiger partial charge in [-0.2, -0.15) is 0 Å². The smallest absolute Gasteiger partial charge is 0.270 e. The van der Waals surface area contributed by atoms with Crippen molar-refractivity contribution in [1.82, 2.24) is 25.0 Å². The minimum atomic E-state index is -0.449. The Kier molecular flexibility index (Phi) is 5.28. The maximum atomic E-state index is 12.2. The zero-order valence-corrected chi connectivity index (χ0v) is 16.4. The number of halogens is 1. The quantitative estimate of drug-likeness (QED) is 0.216. The Morgan fingerprint density at radius 3 is 2.69 bits per heavy atom. The number of fused-ring (bicyclic) bond motifs is 1. The number of benzene rings is 2. The summed E-state index contributed by atoms with van der Waals surface area (Å²) >= 11 is 7.46. The number of nitrogens with one attached hydrogen (secondary N) is 1. The number of hydrogen-bond donors (Lipinski definition) is 1. The zero-order valence-electron chi connectivity index (χ0n) is 14.8. The van der Waals surface area contributed by atoms with Gasteiger partial charge in [0, 0.05) is 17.9 Å². The van der Waals surface area contributed by atoms with Crippen LogP contribution in [-0.2, 0) is 12.3 Å². The standard InChI is InChI=1S/C18H13ClN6O3S/c19-16-14(9-24-15-4-2-1-3-13(15)22-23-24)20-18(21-17(16)26)29-10-11-5-7-12(8-6-11)25(27)28/h1-8H,9-10H2,(H,20,21,26). The van der Waals surface area contributed by atoms with Crippen molar-refractivity contribution < 1.29 is 4.92 Å². The molecular weight excluding hydrogens is 416 g/mol. The van der Waals surface area contributed by atoms with Crippen LogP contribution in [0.25, 0.3) is 11.0 Å². The van der Waals surface area contributed by atoms with Crippen molar-refractivity contribution >= 4 is 40.1 Å². The molecule has 0 aliphatic rings. The number of aromatic amines is 1. The molecule has 4 rings (SSSR count). The van der Waals surface area contributed by atoms with Gasteiger partial charge >= 0.3 is 0 Å². The monoisotopic (exact) mass is 428 g/mol. The predicted molar refractivity (Wildman–Crippen MR) is 109 cm³/mol. The van der Waals surface area contributed by atoms with Crippen LogP contribution in [0.2, 0.25) is 5.02 Å². The Morgan fingerprint density at radius 2 is 1.93 bits per heavy atom. The fraction of sp³-hybridized carbons (Fsp3) is 0.111. The van der Waals surface area contributed by atoms with Gasteiger partial charge in [-0.15, -0.1) is 5.10 Å². The first-order valence-electron chi connectivity index (χ1n) is 8.44. The highest BCUT2D eigenvalue weighted by atomic mass is 35.5. The Balaban J connectivity index is 1.55. The minimum absolute atomic E-state index is 0.00395. The Bertz CT molecular complexity index is 1250. The molecule has 0 saturated heterocycles. The van der Waals surface area contributed by atoms with Crippen molar-refractivity contribution in [2.45, 2.75) is 17.5 Å². The van der Waals surface area contributed by atoms with E-state index in [1.165, 1.54) is 23.9 Å². The van der Waals surface area contributed by atoms with Gasteiger partial charge in [0.1, 0.15) is 10.5 Å². The number of para-hydroxylation sites is 1. The fourth-order valence-electron chi connectivity index (χ4n) is 2.70. The van der Waals surface area contributed by atoms with Gasteiger partial charge in [-0.1, -0.05) is 52.8 Å². The largest absolute Gasteiger partial charge is 0.300 e. The van der Waals surface area contributed by atoms with Crippen LogP contribution >= 0.6 is 23.4 Å². The molecule has 0 amide bonds. The lowest BCUT2D eigenvalue weighted by atomic mass is 10.2. The summed E-state index contributed by atoms with van der Waals surface area (Å²) in [7, 11) is 0. The van der Waals surface area contributed by atoms with Crippen LogP contribution in [0.3, 0.4) is 0 Å². The lowest BCUT2D eigenvalue weighted by Crippen LogP contribution is -2.15. The van der Waals surface area contributed by atoms with Crippen LogP contribution in [0.15, 0.2) is 58.5 Å². The molecule has 2 aromatic carbocycles. The van der Waals surface area contributed by atoms with Gasteiger partial charge in [0.05, 0.1) is 22.7 Å². The molecule has 29 heavy (non-hydrogen) atoms. The lowest BCUT2D eigenvalue weighted by molar-refractivity contribution is -0.384. The Hall–Kier alpha value is -3.24. The summed E-state index contributed by atoms with van der Waals surface area (Å²) in [4.78, 5) is 29.6. The number of nitrogens with zero attached hydrogens (tertiary/aromatic N) is 5. The number of nitro groups is 1. The first-order valence-corrected chi connectivity index (χ1v) is 9.80. The molecule has 0 aliphatic heterocycles. The van der Waals surface area contributed by atoms with Gasteiger partial charge in [0.25, 0.3) is 11.2 Å². The molecule has 0 atom stereocenters. The third kappa shape index (κ3) is 4.13. The first-order chi connectivity index (χ1) is 14.0. The Labute approximate surface area is 172 Å². The second-order valence-corrected chi connectivity index (χ2v) is 7.42. The molecule has 0 fully saturated rings. The van der Waals surface area contributed by atoms with Crippen LogP contribution in [0, 0.1) is 10.1 Å². The number of nitro benzene ring substituents is 1. The Morgan fingerprint density at radius 1 is 1.17 bits per heavy atom. The second kappa shape index (κ2) is 8.02. The summed E-state index contributed by atoms with van der Waals surface area (Å²) in [5, 5.41) is 19.3. The summed E-state index contributed by atoms with van der Waals surface area (Å²) in [6.45, 7) is 0.203. The van der Waals surface area contributed by atoms with E-state index in [1.807, 2.05) is 24.3 Å². The molecular formula is C18H13ClN6O3S. The average molecular weight is 429 g/mol. The maximum Gasteiger partial charge on any atom is 0.270 e. The number of hydrogen-bond acceptors (Lipinski definition) is 7. The number of non-ortho nitro benzene ring substituents is 1. The number of thioether (sulfide) groups is 1. The van der Waals surface area contributed by atoms with Crippen LogP contribution in [0.5, 0.6) is 0 Å². The molecule has 0 aliphatic carbocycles. The van der Waals surface area contributed by atoms with Crippen LogP contribution < -0.4 is 5.56 Å². The van der Waals surface area contributed by atoms with Crippen molar-refractivity contribution in [3.63, 3.8) is 0 Å². The molecule has 4 aromatic rings. The molecule has 0 unspecified atom stereocenters. The highest BCUT2D eigenvalue weighted by Crippen LogP contribution is 2.22. The highest BCUT2D eigenvalue weighted by Gasteiger charge is 2.13. The number of H-pyrrole nitrogens is 1. The van der Waals surface area contributed by atoms with Gasteiger partial charge in [-0.25, -0.2) is 9.67 Å². The van der Waals surface area contributed by atoms with Gasteiger partial charge in [0.2, 0.25) is 0 Å². The first kappa shape index (κ1) is 19.1. The third-order valence-corrected chi connectivity index (χ3v) is 5.49. The average Bonchev–Trinajstić information content (AvgIpc) is 3.13. The van der Waals surface area contributed by atoms with Crippen LogP contribution in [-0.4, -0.2) is 29.9 Å². The van der Waals surface area contributed by atoms with E-state index in [4.69, 9.17) is 11.6 Å². The lowest BCUT2D eigenvalue weighted by Gasteiger charge is -2.07. The van der Waals surface area contributed by atoms with E-state index in [1.54, 1.807) is 16.8 Å². The predicted octanol–water partition coefficient (Wildman–Crippen LogP) is 3.42. The fourth-order valence-corrected chi connectivity index (χ4v) is 3.68. The summed E-state index contributed by atoms with van der Waals surface area (Å²) in [5.41, 5.74) is 2.39. The molecule has 0 bridgehead atoms. The van der Waals surface area contributed by atoms with E-state index in [9.17, 15) is 14.9 Å². The molecule has 146 valence electrons. The molecule has 1 N–H and O–H groups in total. The van der Waals surface area contributed by atoms with Crippen molar-refractivity contribution in [3.05, 3.63) is 85.3 Å². The minimum Gasteiger partial charge on any atom is -0.300 e. The topological polar surface area (TPSA) is 120 Å². The molecule has 2 heterocycles. The molecule has 11 heteroatoms. The van der Waals surface area contributed by atoms with E-state index < -0.39 is 10.5 Å². The van der Waals surface area contributed by atoms with Gasteiger partial charge in [0.15, 0.2) is 5.16 Å². The zero-order chi connectivity index (χ0) is 20.4. The molecule has 0 radical (unpaired) electrons.